The SMILES string of the molecule is CCOc1ccccc1S(=O)(=O)N(C)C. The summed E-state index contributed by atoms with van der Waals surface area (Å²) in [5.74, 6) is 0.397. The molecule has 1 aromatic rings. The van der Waals surface area contributed by atoms with E-state index >= 15 is 0 Å². The van der Waals surface area contributed by atoms with Gasteiger partial charge >= 0.3 is 0 Å². The van der Waals surface area contributed by atoms with Crippen molar-refractivity contribution in [3.63, 3.8) is 0 Å². The Hall–Kier alpha value is -1.07. The van der Waals surface area contributed by atoms with Crippen LogP contribution < -0.4 is 4.74 Å². The molecular weight excluding hydrogens is 214 g/mol. The third-order valence-electron chi connectivity index (χ3n) is 1.91. The van der Waals surface area contributed by atoms with Gasteiger partial charge in [0.1, 0.15) is 10.6 Å². The number of sulfonamides is 1. The molecule has 0 fully saturated rings. The van der Waals surface area contributed by atoms with Crippen molar-refractivity contribution in [2.24, 2.45) is 0 Å². The number of benzene rings is 1. The molecule has 1 rings (SSSR count). The van der Waals surface area contributed by atoms with Crippen molar-refractivity contribution in [1.82, 2.24) is 4.31 Å². The molecule has 1 aromatic carbocycles. The summed E-state index contributed by atoms with van der Waals surface area (Å²) in [5.41, 5.74) is 0. The summed E-state index contributed by atoms with van der Waals surface area (Å²) in [5, 5.41) is 0. The third kappa shape index (κ3) is 2.49. The van der Waals surface area contributed by atoms with Gasteiger partial charge in [0.25, 0.3) is 0 Å². The predicted octanol–water partition coefficient (Wildman–Crippen LogP) is 1.34. The second-order valence-corrected chi connectivity index (χ2v) is 5.29. The molecule has 5 heteroatoms. The molecule has 0 spiro atoms. The molecule has 0 aromatic heterocycles. The van der Waals surface area contributed by atoms with Crippen molar-refractivity contribution in [1.29, 1.82) is 0 Å². The smallest absolute Gasteiger partial charge is 0.246 e. The molecule has 0 saturated heterocycles. The summed E-state index contributed by atoms with van der Waals surface area (Å²) in [4.78, 5) is 0.205. The highest BCUT2D eigenvalue weighted by molar-refractivity contribution is 7.89. The summed E-state index contributed by atoms with van der Waals surface area (Å²) in [6.07, 6.45) is 0. The van der Waals surface area contributed by atoms with Crippen molar-refractivity contribution in [3.05, 3.63) is 24.3 Å². The molecule has 4 nitrogen and oxygen atoms in total. The van der Waals surface area contributed by atoms with Crippen LogP contribution in [0.5, 0.6) is 5.75 Å². The normalized spacial score (nSPS) is 11.7. The number of rotatable bonds is 4. The van der Waals surface area contributed by atoms with E-state index < -0.39 is 10.0 Å². The standard InChI is InChI=1S/C10H15NO3S/c1-4-14-9-7-5-6-8-10(9)15(12,13)11(2)3/h5-8H,4H2,1-3H3. The van der Waals surface area contributed by atoms with Crippen molar-refractivity contribution < 1.29 is 13.2 Å². The van der Waals surface area contributed by atoms with Crippen LogP contribution in [0, 0.1) is 0 Å². The quantitative estimate of drug-likeness (QED) is 0.782. The zero-order valence-electron chi connectivity index (χ0n) is 9.10. The third-order valence-corrected chi connectivity index (χ3v) is 3.76. The van der Waals surface area contributed by atoms with Gasteiger partial charge in [-0.25, -0.2) is 12.7 Å². The number of nitrogens with zero attached hydrogens (tertiary/aromatic N) is 1. The van der Waals surface area contributed by atoms with E-state index in [1.165, 1.54) is 18.4 Å². The molecule has 84 valence electrons. The first-order valence-electron chi connectivity index (χ1n) is 4.64. The van der Waals surface area contributed by atoms with Crippen LogP contribution >= 0.6 is 0 Å². The molecule has 0 radical (unpaired) electrons. The Bertz CT molecular complexity index is 426. The van der Waals surface area contributed by atoms with E-state index in [2.05, 4.69) is 0 Å². The number of ether oxygens (including phenoxy) is 1. The largest absolute Gasteiger partial charge is 0.492 e. The van der Waals surface area contributed by atoms with E-state index in [0.717, 1.165) is 0 Å². The average molecular weight is 229 g/mol. The Labute approximate surface area is 90.5 Å². The number of hydrogen-bond donors (Lipinski definition) is 0. The minimum Gasteiger partial charge on any atom is -0.492 e. The molecule has 0 heterocycles. The summed E-state index contributed by atoms with van der Waals surface area (Å²) >= 11 is 0. The maximum atomic E-state index is 11.9. The number of hydrogen-bond acceptors (Lipinski definition) is 3. The van der Waals surface area contributed by atoms with E-state index in [1.807, 2.05) is 6.92 Å². The van der Waals surface area contributed by atoms with E-state index in [0.29, 0.717) is 12.4 Å². The molecule has 0 unspecified atom stereocenters. The number of para-hydroxylation sites is 1. The maximum absolute atomic E-state index is 11.9. The van der Waals surface area contributed by atoms with Crippen LogP contribution in [-0.2, 0) is 10.0 Å². The molecule has 0 aliphatic rings. The molecule has 0 amide bonds. The monoisotopic (exact) mass is 229 g/mol. The molecule has 0 bridgehead atoms. The van der Waals surface area contributed by atoms with Crippen LogP contribution in [0.3, 0.4) is 0 Å². The van der Waals surface area contributed by atoms with Crippen LogP contribution in [-0.4, -0.2) is 33.4 Å². The molecular formula is C10H15NO3S. The first-order chi connectivity index (χ1) is 7.00. The van der Waals surface area contributed by atoms with Gasteiger partial charge in [0.15, 0.2) is 0 Å². The van der Waals surface area contributed by atoms with Gasteiger partial charge in [-0.05, 0) is 19.1 Å². The highest BCUT2D eigenvalue weighted by atomic mass is 32.2. The fourth-order valence-electron chi connectivity index (χ4n) is 1.13. The topological polar surface area (TPSA) is 46.6 Å². The van der Waals surface area contributed by atoms with Crippen molar-refractivity contribution in [2.45, 2.75) is 11.8 Å². The van der Waals surface area contributed by atoms with Crippen molar-refractivity contribution in [3.8, 4) is 5.75 Å². The lowest BCUT2D eigenvalue weighted by Crippen LogP contribution is -2.22. The van der Waals surface area contributed by atoms with E-state index in [-0.39, 0.29) is 4.90 Å². The zero-order chi connectivity index (χ0) is 11.5. The highest BCUT2D eigenvalue weighted by Gasteiger charge is 2.21. The fourth-order valence-corrected chi connectivity index (χ4v) is 2.16. The van der Waals surface area contributed by atoms with Crippen molar-refractivity contribution in [2.75, 3.05) is 20.7 Å². The predicted molar refractivity (Wildman–Crippen MR) is 58.5 cm³/mol. The van der Waals surface area contributed by atoms with Gasteiger partial charge in [-0.15, -0.1) is 0 Å². The van der Waals surface area contributed by atoms with Gasteiger partial charge in [-0.3, -0.25) is 0 Å². The highest BCUT2D eigenvalue weighted by Crippen LogP contribution is 2.25. The molecule has 15 heavy (non-hydrogen) atoms. The van der Waals surface area contributed by atoms with E-state index in [4.69, 9.17) is 4.74 Å². The lowest BCUT2D eigenvalue weighted by molar-refractivity contribution is 0.330. The minimum absolute atomic E-state index is 0.205. The molecule has 0 saturated carbocycles. The lowest BCUT2D eigenvalue weighted by Gasteiger charge is -2.14. The first kappa shape index (κ1) is 12.0. The van der Waals surface area contributed by atoms with E-state index in [9.17, 15) is 8.42 Å². The second-order valence-electron chi connectivity index (χ2n) is 3.17. The summed E-state index contributed by atoms with van der Waals surface area (Å²) in [6, 6.07) is 6.62. The minimum atomic E-state index is -3.42. The van der Waals surface area contributed by atoms with Gasteiger partial charge in [-0.1, -0.05) is 12.1 Å². The molecule has 0 aliphatic heterocycles. The van der Waals surface area contributed by atoms with Crippen LogP contribution in [0.2, 0.25) is 0 Å². The van der Waals surface area contributed by atoms with Gasteiger partial charge in [0.05, 0.1) is 6.61 Å². The summed E-state index contributed by atoms with van der Waals surface area (Å²) in [6.45, 7) is 2.26. The van der Waals surface area contributed by atoms with Crippen LogP contribution in [0.4, 0.5) is 0 Å². The van der Waals surface area contributed by atoms with Crippen LogP contribution in [0.1, 0.15) is 6.92 Å². The van der Waals surface area contributed by atoms with Crippen LogP contribution in [0.15, 0.2) is 29.2 Å². The Balaban J connectivity index is 3.25. The maximum Gasteiger partial charge on any atom is 0.246 e. The molecule has 0 aliphatic carbocycles. The van der Waals surface area contributed by atoms with Gasteiger partial charge in [-0.2, -0.15) is 0 Å². The Kier molecular flexibility index (Phi) is 3.71. The van der Waals surface area contributed by atoms with Crippen LogP contribution in [0.25, 0.3) is 0 Å². The Morgan fingerprint density at radius 1 is 1.27 bits per heavy atom. The van der Waals surface area contributed by atoms with Crippen molar-refractivity contribution >= 4 is 10.0 Å². The Morgan fingerprint density at radius 3 is 2.40 bits per heavy atom. The van der Waals surface area contributed by atoms with Gasteiger partial charge < -0.3 is 4.74 Å². The first-order valence-corrected chi connectivity index (χ1v) is 6.08. The fraction of sp³-hybridized carbons (Fsp3) is 0.400. The molecule has 0 N–H and O–H groups in total. The van der Waals surface area contributed by atoms with Gasteiger partial charge in [0.2, 0.25) is 10.0 Å². The zero-order valence-corrected chi connectivity index (χ0v) is 9.91. The summed E-state index contributed by atoms with van der Waals surface area (Å²) < 4.78 is 30.2. The van der Waals surface area contributed by atoms with Gasteiger partial charge in [0, 0.05) is 14.1 Å². The average Bonchev–Trinajstić information content (AvgIpc) is 2.18. The lowest BCUT2D eigenvalue weighted by atomic mass is 10.3. The molecule has 0 atom stereocenters. The summed E-state index contributed by atoms with van der Waals surface area (Å²) in [7, 11) is -0.425. The Morgan fingerprint density at radius 2 is 1.87 bits per heavy atom. The van der Waals surface area contributed by atoms with E-state index in [1.54, 1.807) is 24.3 Å². The second kappa shape index (κ2) is 4.63.